The van der Waals surface area contributed by atoms with Crippen LogP contribution in [-0.2, 0) is 11.3 Å². The van der Waals surface area contributed by atoms with E-state index < -0.39 is 11.4 Å². The van der Waals surface area contributed by atoms with Gasteiger partial charge in [-0.15, -0.1) is 11.3 Å². The topological polar surface area (TPSA) is 90.1 Å². The fourth-order valence-electron chi connectivity index (χ4n) is 4.36. The van der Waals surface area contributed by atoms with Crippen LogP contribution >= 0.6 is 11.3 Å². The molecule has 0 amide bonds. The van der Waals surface area contributed by atoms with E-state index in [1.165, 1.54) is 11.1 Å². The van der Waals surface area contributed by atoms with Crippen molar-refractivity contribution in [1.29, 1.82) is 0 Å². The summed E-state index contributed by atoms with van der Waals surface area (Å²) in [4.78, 5) is 31.8. The lowest BCUT2D eigenvalue weighted by Crippen LogP contribution is -2.19. The van der Waals surface area contributed by atoms with Crippen LogP contribution < -0.4 is 10.2 Å². The Balaban J connectivity index is 1.76. The molecule has 8 heteroatoms. The van der Waals surface area contributed by atoms with Crippen LogP contribution in [0, 0.1) is 0 Å². The van der Waals surface area contributed by atoms with Crippen molar-refractivity contribution in [3.8, 4) is 16.2 Å². The number of thiophene rings is 1. The Bertz CT molecular complexity index is 1300. The van der Waals surface area contributed by atoms with E-state index in [1.807, 2.05) is 10.6 Å². The van der Waals surface area contributed by atoms with Gasteiger partial charge in [-0.2, -0.15) is 0 Å². The number of carboxylic acid groups (broad SMARTS) is 1. The minimum atomic E-state index is -1.21. The van der Waals surface area contributed by atoms with E-state index in [-0.39, 0.29) is 11.6 Å². The highest BCUT2D eigenvalue weighted by Gasteiger charge is 2.30. The highest BCUT2D eigenvalue weighted by molar-refractivity contribution is 7.16. The minimum absolute atomic E-state index is 0.183. The Kier molecular flexibility index (Phi) is 4.81. The van der Waals surface area contributed by atoms with Gasteiger partial charge in [-0.3, -0.25) is 4.79 Å². The van der Waals surface area contributed by atoms with Gasteiger partial charge in [0.2, 0.25) is 5.43 Å². The molecule has 0 bridgehead atoms. The van der Waals surface area contributed by atoms with Crippen molar-refractivity contribution in [3.63, 3.8) is 0 Å². The first-order valence-corrected chi connectivity index (χ1v) is 11.1. The quantitative estimate of drug-likeness (QED) is 0.594. The fourth-order valence-corrected chi connectivity index (χ4v) is 5.61. The molecule has 2 heterocycles. The number of pyridine rings is 1. The van der Waals surface area contributed by atoms with E-state index in [4.69, 9.17) is 9.57 Å². The number of hydrogen-bond acceptors (Lipinski definition) is 6. The van der Waals surface area contributed by atoms with E-state index in [2.05, 4.69) is 11.2 Å². The van der Waals surface area contributed by atoms with E-state index in [0.29, 0.717) is 16.7 Å². The molecule has 7 nitrogen and oxygen atoms in total. The first-order valence-electron chi connectivity index (χ1n) is 10.3. The van der Waals surface area contributed by atoms with Gasteiger partial charge in [0.15, 0.2) is 5.75 Å². The third-order valence-electron chi connectivity index (χ3n) is 5.93. The molecular weight excluding hydrogens is 416 g/mol. The van der Waals surface area contributed by atoms with Crippen molar-refractivity contribution in [1.82, 2.24) is 4.57 Å². The van der Waals surface area contributed by atoms with Gasteiger partial charge in [-0.1, -0.05) is 5.16 Å². The smallest absolute Gasteiger partial charge is 0.341 e. The number of rotatable bonds is 5. The maximum atomic E-state index is 12.9. The zero-order valence-electron chi connectivity index (χ0n) is 17.3. The summed E-state index contributed by atoms with van der Waals surface area (Å²) < 4.78 is 7.75. The summed E-state index contributed by atoms with van der Waals surface area (Å²) in [6, 6.07) is 5.88. The zero-order chi connectivity index (χ0) is 21.7. The highest BCUT2D eigenvalue weighted by atomic mass is 32.1. The van der Waals surface area contributed by atoms with Crippen molar-refractivity contribution in [3.05, 3.63) is 50.6 Å². The minimum Gasteiger partial charge on any atom is -0.494 e. The average Bonchev–Trinajstić information content (AvgIpc) is 3.51. The van der Waals surface area contributed by atoms with Gasteiger partial charge in [0.1, 0.15) is 12.7 Å². The number of aryl methyl sites for hydroxylation is 1. The van der Waals surface area contributed by atoms with Crippen LogP contribution in [0.2, 0.25) is 0 Å². The van der Waals surface area contributed by atoms with E-state index in [9.17, 15) is 14.7 Å². The van der Waals surface area contributed by atoms with Crippen molar-refractivity contribution in [2.24, 2.45) is 5.16 Å². The largest absolute Gasteiger partial charge is 0.494 e. The Morgan fingerprint density at radius 3 is 2.71 bits per heavy atom. The molecule has 31 heavy (non-hydrogen) atoms. The first-order chi connectivity index (χ1) is 15.0. The molecule has 5 rings (SSSR count). The molecule has 2 aliphatic carbocycles. The van der Waals surface area contributed by atoms with Crippen molar-refractivity contribution in [2.45, 2.75) is 38.1 Å². The fraction of sp³-hybridized carbons (Fsp3) is 0.348. The monoisotopic (exact) mass is 438 g/mol. The molecule has 0 unspecified atom stereocenters. The Labute approximate surface area is 182 Å². The Morgan fingerprint density at radius 1 is 1.23 bits per heavy atom. The normalized spacial score (nSPS) is 17.0. The van der Waals surface area contributed by atoms with Crippen molar-refractivity contribution in [2.75, 3.05) is 14.2 Å². The summed E-state index contributed by atoms with van der Waals surface area (Å²) in [5, 5.41) is 14.1. The molecule has 0 atom stereocenters. The number of fused-ring (bicyclic) bond motifs is 2. The molecule has 1 fully saturated rings. The molecule has 1 saturated carbocycles. The maximum absolute atomic E-state index is 12.9. The van der Waals surface area contributed by atoms with Gasteiger partial charge in [-0.25, -0.2) is 4.79 Å². The molecule has 3 aromatic rings. The van der Waals surface area contributed by atoms with Crippen LogP contribution in [0.1, 0.15) is 52.5 Å². The summed E-state index contributed by atoms with van der Waals surface area (Å²) in [7, 11) is 3.15. The molecule has 0 radical (unpaired) electrons. The standard InChI is InChI=1S/C23H22N2O5S/c1-29-22-13(19-10-15-17(24-30-2)4-3-5-18(15)31-19)8-9-14-20(22)25(12-6-7-12)11-16(21(14)26)23(27)28/h8-12H,3-7H2,1-2H3,(H,27,28). The van der Waals surface area contributed by atoms with Gasteiger partial charge in [0.05, 0.1) is 23.7 Å². The number of hydrogen-bond donors (Lipinski definition) is 1. The highest BCUT2D eigenvalue weighted by Crippen LogP contribution is 2.45. The second kappa shape index (κ2) is 7.53. The maximum Gasteiger partial charge on any atom is 0.341 e. The zero-order valence-corrected chi connectivity index (χ0v) is 18.1. The molecule has 0 spiro atoms. The Hall–Kier alpha value is -3.13. The predicted molar refractivity (Wildman–Crippen MR) is 120 cm³/mol. The summed E-state index contributed by atoms with van der Waals surface area (Å²) in [5.41, 5.74) is 2.92. The lowest BCUT2D eigenvalue weighted by molar-refractivity contribution is 0.0695. The number of oxime groups is 1. The second-order valence-electron chi connectivity index (χ2n) is 7.88. The van der Waals surface area contributed by atoms with Gasteiger partial charge < -0.3 is 19.2 Å². The first kappa shape index (κ1) is 19.8. The van der Waals surface area contributed by atoms with Crippen molar-refractivity contribution < 1.29 is 19.5 Å². The van der Waals surface area contributed by atoms with E-state index in [0.717, 1.165) is 53.8 Å². The lowest BCUT2D eigenvalue weighted by Gasteiger charge is -2.17. The molecule has 2 aromatic heterocycles. The number of methoxy groups -OCH3 is 1. The van der Waals surface area contributed by atoms with Crippen molar-refractivity contribution >= 4 is 33.9 Å². The lowest BCUT2D eigenvalue weighted by atomic mass is 9.96. The number of carbonyl (C=O) groups is 1. The summed E-state index contributed by atoms with van der Waals surface area (Å²) in [6.07, 6.45) is 6.28. The molecule has 1 N–H and O–H groups in total. The molecule has 0 saturated heterocycles. The molecule has 2 aliphatic rings. The van der Waals surface area contributed by atoms with Gasteiger partial charge in [0, 0.05) is 33.1 Å². The second-order valence-corrected chi connectivity index (χ2v) is 9.02. The summed E-state index contributed by atoms with van der Waals surface area (Å²) in [6.45, 7) is 0. The number of nitrogens with zero attached hydrogens (tertiary/aromatic N) is 2. The van der Waals surface area contributed by atoms with Crippen LogP contribution in [0.25, 0.3) is 21.3 Å². The number of aromatic nitrogens is 1. The van der Waals surface area contributed by atoms with Gasteiger partial charge >= 0.3 is 5.97 Å². The van der Waals surface area contributed by atoms with Crippen LogP contribution in [0.5, 0.6) is 5.75 Å². The third-order valence-corrected chi connectivity index (χ3v) is 7.15. The molecular formula is C23H22N2O5S. The SMILES string of the molecule is CON=C1CCCc2sc(-c3ccc4c(=O)c(C(=O)O)cn(C5CC5)c4c3OC)cc21. The molecule has 0 aliphatic heterocycles. The van der Waals surface area contributed by atoms with Crippen LogP contribution in [0.15, 0.2) is 34.3 Å². The predicted octanol–water partition coefficient (Wildman–Crippen LogP) is 4.46. The Morgan fingerprint density at radius 2 is 2.03 bits per heavy atom. The van der Waals surface area contributed by atoms with Crippen LogP contribution in [0.3, 0.4) is 0 Å². The van der Waals surface area contributed by atoms with E-state index in [1.54, 1.807) is 31.6 Å². The van der Waals surface area contributed by atoms with E-state index >= 15 is 0 Å². The number of carboxylic acids is 1. The van der Waals surface area contributed by atoms with Gasteiger partial charge in [0.25, 0.3) is 0 Å². The average molecular weight is 439 g/mol. The number of aromatic carboxylic acids is 1. The number of ether oxygens (including phenoxy) is 1. The van der Waals surface area contributed by atoms with Gasteiger partial charge in [-0.05, 0) is 50.3 Å². The molecule has 1 aromatic carbocycles. The molecule has 160 valence electrons. The summed E-state index contributed by atoms with van der Waals surface area (Å²) >= 11 is 1.70. The third kappa shape index (κ3) is 3.22. The summed E-state index contributed by atoms with van der Waals surface area (Å²) in [5.74, 6) is -0.609. The number of benzene rings is 1. The van der Waals surface area contributed by atoms with Crippen LogP contribution in [-0.4, -0.2) is 35.6 Å². The van der Waals surface area contributed by atoms with Crippen LogP contribution in [0.4, 0.5) is 0 Å².